The fourth-order valence-electron chi connectivity index (χ4n) is 1.57. The topological polar surface area (TPSA) is 34.1 Å². The fourth-order valence-corrected chi connectivity index (χ4v) is 2.72. The van der Waals surface area contributed by atoms with Gasteiger partial charge in [0.05, 0.1) is 10.6 Å². The van der Waals surface area contributed by atoms with Crippen LogP contribution in [0.25, 0.3) is 10.8 Å². The Kier molecular flexibility index (Phi) is 2.91. The van der Waals surface area contributed by atoms with Crippen molar-refractivity contribution in [2.24, 2.45) is 0 Å². The maximum Gasteiger partial charge on any atom is 0.178 e. The first-order valence-corrected chi connectivity index (χ1v) is 6.98. The molecule has 2 aromatic carbocycles. The molecule has 0 N–H and O–H groups in total. The van der Waals surface area contributed by atoms with E-state index < -0.39 is 9.84 Å². The van der Waals surface area contributed by atoms with Crippen LogP contribution in [0.2, 0.25) is 5.02 Å². The molecule has 0 fully saturated rings. The molecule has 0 bridgehead atoms. The van der Waals surface area contributed by atoms with Crippen molar-refractivity contribution in [3.8, 4) is 0 Å². The number of benzene rings is 2. The average Bonchev–Trinajstić information content (AvgIpc) is 2.29. The molecule has 0 aliphatic carbocycles. The zero-order chi connectivity index (χ0) is 11.8. The Morgan fingerprint density at radius 2 is 1.94 bits per heavy atom. The molecule has 0 saturated heterocycles. The number of fused-ring (bicyclic) bond motifs is 1. The highest BCUT2D eigenvalue weighted by atomic mass is 35.5. The molecular weight excluding hydrogens is 244 g/mol. The van der Waals surface area contributed by atoms with Crippen molar-refractivity contribution >= 4 is 32.2 Å². The Morgan fingerprint density at radius 1 is 1.19 bits per heavy atom. The molecular formula is C12H11ClO2S. The van der Waals surface area contributed by atoms with Crippen LogP contribution in [0.5, 0.6) is 0 Å². The zero-order valence-electron chi connectivity index (χ0n) is 8.77. The van der Waals surface area contributed by atoms with Crippen LogP contribution < -0.4 is 0 Å². The standard InChI is InChI=1S/C12H11ClO2S/c1-2-16(14,15)10-7-6-9-4-3-5-12(13)11(9)8-10/h3-8H,2H2,1H3. The van der Waals surface area contributed by atoms with Crippen molar-refractivity contribution < 1.29 is 8.42 Å². The van der Waals surface area contributed by atoms with Gasteiger partial charge in [0.25, 0.3) is 0 Å². The van der Waals surface area contributed by atoms with Crippen LogP contribution in [0.4, 0.5) is 0 Å². The quantitative estimate of drug-likeness (QED) is 0.824. The summed E-state index contributed by atoms with van der Waals surface area (Å²) in [6.45, 7) is 1.63. The minimum atomic E-state index is -3.17. The number of sulfone groups is 1. The lowest BCUT2D eigenvalue weighted by Crippen LogP contribution is -2.03. The molecule has 0 atom stereocenters. The van der Waals surface area contributed by atoms with Crippen LogP contribution in [0.3, 0.4) is 0 Å². The Bertz CT molecular complexity index is 633. The van der Waals surface area contributed by atoms with E-state index in [4.69, 9.17) is 11.6 Å². The van der Waals surface area contributed by atoms with E-state index in [0.717, 1.165) is 10.8 Å². The largest absolute Gasteiger partial charge is 0.224 e. The molecule has 0 amide bonds. The first-order valence-electron chi connectivity index (χ1n) is 4.95. The van der Waals surface area contributed by atoms with Crippen LogP contribution >= 0.6 is 11.6 Å². The number of halogens is 1. The van der Waals surface area contributed by atoms with Crippen molar-refractivity contribution in [1.82, 2.24) is 0 Å². The summed E-state index contributed by atoms with van der Waals surface area (Å²) in [5.74, 6) is 0.100. The van der Waals surface area contributed by atoms with Crippen molar-refractivity contribution in [3.63, 3.8) is 0 Å². The number of hydrogen-bond donors (Lipinski definition) is 0. The Labute approximate surface area is 99.8 Å². The third kappa shape index (κ3) is 1.93. The van der Waals surface area contributed by atoms with Gasteiger partial charge in [0.2, 0.25) is 0 Å². The predicted molar refractivity (Wildman–Crippen MR) is 66.7 cm³/mol. The lowest BCUT2D eigenvalue weighted by Gasteiger charge is -2.04. The molecule has 4 heteroatoms. The smallest absolute Gasteiger partial charge is 0.178 e. The summed E-state index contributed by atoms with van der Waals surface area (Å²) < 4.78 is 23.4. The molecule has 16 heavy (non-hydrogen) atoms. The van der Waals surface area contributed by atoms with Gasteiger partial charge in [-0.15, -0.1) is 0 Å². The molecule has 0 radical (unpaired) electrons. The highest BCUT2D eigenvalue weighted by Gasteiger charge is 2.12. The number of rotatable bonds is 2. The fraction of sp³-hybridized carbons (Fsp3) is 0.167. The summed E-state index contributed by atoms with van der Waals surface area (Å²) in [4.78, 5) is 0.329. The first kappa shape index (κ1) is 11.4. The van der Waals surface area contributed by atoms with E-state index in [-0.39, 0.29) is 5.75 Å². The van der Waals surface area contributed by atoms with E-state index in [9.17, 15) is 8.42 Å². The van der Waals surface area contributed by atoms with E-state index in [2.05, 4.69) is 0 Å². The molecule has 84 valence electrons. The molecule has 0 saturated carbocycles. The van der Waals surface area contributed by atoms with Gasteiger partial charge >= 0.3 is 0 Å². The van der Waals surface area contributed by atoms with Gasteiger partial charge < -0.3 is 0 Å². The van der Waals surface area contributed by atoms with E-state index in [1.165, 1.54) is 0 Å². The van der Waals surface area contributed by atoms with E-state index >= 15 is 0 Å². The predicted octanol–water partition coefficient (Wildman–Crippen LogP) is 3.29. The van der Waals surface area contributed by atoms with Gasteiger partial charge in [-0.2, -0.15) is 0 Å². The summed E-state index contributed by atoms with van der Waals surface area (Å²) in [7, 11) is -3.17. The van der Waals surface area contributed by atoms with Gasteiger partial charge in [-0.1, -0.05) is 36.7 Å². The second-order valence-electron chi connectivity index (χ2n) is 3.53. The van der Waals surface area contributed by atoms with E-state index in [0.29, 0.717) is 9.92 Å². The summed E-state index contributed by atoms with van der Waals surface area (Å²) in [6.07, 6.45) is 0. The second kappa shape index (κ2) is 4.07. The summed E-state index contributed by atoms with van der Waals surface area (Å²) in [5.41, 5.74) is 0. The van der Waals surface area contributed by atoms with Crippen LogP contribution in [0, 0.1) is 0 Å². The second-order valence-corrected chi connectivity index (χ2v) is 6.21. The van der Waals surface area contributed by atoms with Crippen molar-refractivity contribution in [3.05, 3.63) is 41.4 Å². The molecule has 0 spiro atoms. The Morgan fingerprint density at radius 3 is 2.62 bits per heavy atom. The summed E-state index contributed by atoms with van der Waals surface area (Å²) >= 11 is 6.03. The third-order valence-electron chi connectivity index (χ3n) is 2.54. The maximum atomic E-state index is 11.7. The third-order valence-corrected chi connectivity index (χ3v) is 4.60. The molecule has 2 rings (SSSR count). The normalized spacial score (nSPS) is 11.9. The SMILES string of the molecule is CCS(=O)(=O)c1ccc2cccc(Cl)c2c1. The Balaban J connectivity index is 2.74. The lowest BCUT2D eigenvalue weighted by molar-refractivity contribution is 0.597. The Hall–Kier alpha value is -1.06. The molecule has 0 aromatic heterocycles. The molecule has 0 aliphatic rings. The summed E-state index contributed by atoms with van der Waals surface area (Å²) in [5, 5.41) is 2.30. The van der Waals surface area contributed by atoms with Crippen LogP contribution in [0.15, 0.2) is 41.3 Å². The van der Waals surface area contributed by atoms with Gasteiger partial charge in [-0.05, 0) is 23.6 Å². The van der Waals surface area contributed by atoms with Crippen molar-refractivity contribution in [2.75, 3.05) is 5.75 Å². The van der Waals surface area contributed by atoms with Crippen LogP contribution in [-0.2, 0) is 9.84 Å². The van der Waals surface area contributed by atoms with Gasteiger partial charge in [0.15, 0.2) is 9.84 Å². The van der Waals surface area contributed by atoms with Crippen molar-refractivity contribution in [1.29, 1.82) is 0 Å². The zero-order valence-corrected chi connectivity index (χ0v) is 10.3. The minimum Gasteiger partial charge on any atom is -0.224 e. The van der Waals surface area contributed by atoms with Crippen molar-refractivity contribution in [2.45, 2.75) is 11.8 Å². The molecule has 2 nitrogen and oxygen atoms in total. The summed E-state index contributed by atoms with van der Waals surface area (Å²) in [6, 6.07) is 10.5. The van der Waals surface area contributed by atoms with Gasteiger partial charge in [-0.25, -0.2) is 8.42 Å². The minimum absolute atomic E-state index is 0.100. The first-order chi connectivity index (χ1) is 7.54. The van der Waals surface area contributed by atoms with Gasteiger partial charge in [-0.3, -0.25) is 0 Å². The average molecular weight is 255 g/mol. The lowest BCUT2D eigenvalue weighted by atomic mass is 10.1. The molecule has 2 aromatic rings. The molecule has 0 unspecified atom stereocenters. The molecule has 0 heterocycles. The highest BCUT2D eigenvalue weighted by Crippen LogP contribution is 2.26. The maximum absolute atomic E-state index is 11.7. The van der Waals surface area contributed by atoms with E-state index in [1.54, 1.807) is 31.2 Å². The van der Waals surface area contributed by atoms with Gasteiger partial charge in [0, 0.05) is 10.4 Å². The molecule has 0 aliphatic heterocycles. The monoisotopic (exact) mass is 254 g/mol. The van der Waals surface area contributed by atoms with Crippen LogP contribution in [-0.4, -0.2) is 14.2 Å². The van der Waals surface area contributed by atoms with Gasteiger partial charge in [0.1, 0.15) is 0 Å². The van der Waals surface area contributed by atoms with Crippen LogP contribution in [0.1, 0.15) is 6.92 Å². The van der Waals surface area contributed by atoms with E-state index in [1.807, 2.05) is 12.1 Å². The number of hydrogen-bond acceptors (Lipinski definition) is 2. The highest BCUT2D eigenvalue weighted by molar-refractivity contribution is 7.91.